The van der Waals surface area contributed by atoms with Crippen LogP contribution in [0, 0.1) is 0 Å². The molecule has 0 heterocycles. The molecule has 0 aliphatic carbocycles. The first-order valence-electron chi connectivity index (χ1n) is 4.86. The molecular weight excluding hydrogens is 217 g/mol. The Hall–Kier alpha value is -0.240. The van der Waals surface area contributed by atoms with Crippen molar-refractivity contribution in [3.8, 4) is 0 Å². The topological polar surface area (TPSA) is 26.0 Å². The van der Waals surface area contributed by atoms with Gasteiger partial charge in [0.2, 0.25) is 0 Å². The Morgan fingerprint density at radius 3 is 2.57 bits per heavy atom. The van der Waals surface area contributed by atoms with E-state index in [0.717, 1.165) is 40.4 Å². The Bertz CT molecular complexity index is 310. The van der Waals surface area contributed by atoms with E-state index in [1.807, 2.05) is 12.1 Å². The number of hydrogen-bond donors (Lipinski definition) is 1. The Balaban J connectivity index is 2.99. The number of hydrogen-bond acceptors (Lipinski definition) is 1. The van der Waals surface area contributed by atoms with Crippen LogP contribution in [0.25, 0.3) is 0 Å². The van der Waals surface area contributed by atoms with Gasteiger partial charge in [-0.1, -0.05) is 42.6 Å². The van der Waals surface area contributed by atoms with E-state index in [4.69, 9.17) is 28.9 Å². The van der Waals surface area contributed by atoms with E-state index in [1.165, 1.54) is 0 Å². The highest BCUT2D eigenvalue weighted by molar-refractivity contribution is 6.36. The first-order chi connectivity index (χ1) is 6.70. The standard InChI is InChI=1S/C11H15Cl2N/c1-2-3-4-9-10(12)6-5-8(7-14)11(9)13/h5-6H,2-4,7,14H2,1H3. The molecule has 0 spiro atoms. The largest absolute Gasteiger partial charge is 0.326 e. The highest BCUT2D eigenvalue weighted by Gasteiger charge is 2.08. The first kappa shape index (κ1) is 11.8. The van der Waals surface area contributed by atoms with Gasteiger partial charge in [0, 0.05) is 16.6 Å². The van der Waals surface area contributed by atoms with Gasteiger partial charge in [0.25, 0.3) is 0 Å². The number of halogens is 2. The Morgan fingerprint density at radius 1 is 1.29 bits per heavy atom. The van der Waals surface area contributed by atoms with Gasteiger partial charge in [-0.25, -0.2) is 0 Å². The van der Waals surface area contributed by atoms with Gasteiger partial charge in [-0.05, 0) is 30.0 Å². The van der Waals surface area contributed by atoms with E-state index in [1.54, 1.807) is 0 Å². The van der Waals surface area contributed by atoms with Crippen LogP contribution in [0.3, 0.4) is 0 Å². The van der Waals surface area contributed by atoms with Crippen molar-refractivity contribution < 1.29 is 0 Å². The third-order valence-corrected chi connectivity index (χ3v) is 3.09. The predicted octanol–water partition coefficient (Wildman–Crippen LogP) is 3.79. The molecule has 0 saturated carbocycles. The highest BCUT2D eigenvalue weighted by Crippen LogP contribution is 2.29. The zero-order chi connectivity index (χ0) is 10.6. The number of benzene rings is 1. The maximum absolute atomic E-state index is 6.19. The average Bonchev–Trinajstić information content (AvgIpc) is 2.18. The fourth-order valence-corrected chi connectivity index (χ4v) is 2.02. The van der Waals surface area contributed by atoms with Crippen LogP contribution >= 0.6 is 23.2 Å². The van der Waals surface area contributed by atoms with Crippen molar-refractivity contribution >= 4 is 23.2 Å². The summed E-state index contributed by atoms with van der Waals surface area (Å²) in [6.07, 6.45) is 3.18. The van der Waals surface area contributed by atoms with Gasteiger partial charge in [0.15, 0.2) is 0 Å². The third-order valence-electron chi connectivity index (χ3n) is 2.27. The second-order valence-electron chi connectivity index (χ2n) is 3.31. The lowest BCUT2D eigenvalue weighted by atomic mass is 10.1. The van der Waals surface area contributed by atoms with E-state index < -0.39 is 0 Å². The molecule has 78 valence electrons. The molecular formula is C11H15Cl2N. The van der Waals surface area contributed by atoms with Crippen LogP contribution in [0.15, 0.2) is 12.1 Å². The van der Waals surface area contributed by atoms with Crippen molar-refractivity contribution in [3.63, 3.8) is 0 Å². The summed E-state index contributed by atoms with van der Waals surface area (Å²) in [5.74, 6) is 0. The zero-order valence-corrected chi connectivity index (χ0v) is 9.83. The summed E-state index contributed by atoms with van der Waals surface area (Å²) >= 11 is 12.3. The summed E-state index contributed by atoms with van der Waals surface area (Å²) in [5.41, 5.74) is 7.58. The van der Waals surface area contributed by atoms with Crippen molar-refractivity contribution in [1.82, 2.24) is 0 Å². The lowest BCUT2D eigenvalue weighted by Gasteiger charge is -2.09. The van der Waals surface area contributed by atoms with Crippen molar-refractivity contribution in [2.75, 3.05) is 0 Å². The van der Waals surface area contributed by atoms with Crippen LogP contribution < -0.4 is 5.73 Å². The first-order valence-corrected chi connectivity index (χ1v) is 5.62. The van der Waals surface area contributed by atoms with Crippen LogP contribution in [0.4, 0.5) is 0 Å². The Labute approximate surface area is 95.2 Å². The molecule has 0 amide bonds. The summed E-state index contributed by atoms with van der Waals surface area (Å²) < 4.78 is 0. The summed E-state index contributed by atoms with van der Waals surface area (Å²) in [4.78, 5) is 0. The van der Waals surface area contributed by atoms with Gasteiger partial charge in [0.05, 0.1) is 0 Å². The fraction of sp³-hybridized carbons (Fsp3) is 0.455. The smallest absolute Gasteiger partial charge is 0.0497 e. The second kappa shape index (κ2) is 5.59. The maximum atomic E-state index is 6.19. The van der Waals surface area contributed by atoms with Crippen LogP contribution in [-0.4, -0.2) is 0 Å². The number of unbranched alkanes of at least 4 members (excludes halogenated alkanes) is 1. The lowest BCUT2D eigenvalue weighted by Crippen LogP contribution is -2.00. The van der Waals surface area contributed by atoms with E-state index in [2.05, 4.69) is 6.92 Å². The van der Waals surface area contributed by atoms with E-state index in [9.17, 15) is 0 Å². The molecule has 1 nitrogen and oxygen atoms in total. The quantitative estimate of drug-likeness (QED) is 0.839. The SMILES string of the molecule is CCCCc1c(Cl)ccc(CN)c1Cl. The molecule has 0 radical (unpaired) electrons. The summed E-state index contributed by atoms with van der Waals surface area (Å²) in [6.45, 7) is 2.61. The summed E-state index contributed by atoms with van der Waals surface area (Å²) in [6, 6.07) is 3.76. The van der Waals surface area contributed by atoms with Crippen LogP contribution in [0.5, 0.6) is 0 Å². The normalized spacial score (nSPS) is 10.6. The molecule has 14 heavy (non-hydrogen) atoms. The molecule has 3 heteroatoms. The van der Waals surface area contributed by atoms with Gasteiger partial charge in [-0.2, -0.15) is 0 Å². The maximum Gasteiger partial charge on any atom is 0.0497 e. The lowest BCUT2D eigenvalue weighted by molar-refractivity contribution is 0.794. The summed E-state index contributed by atoms with van der Waals surface area (Å²) in [7, 11) is 0. The molecule has 0 atom stereocenters. The molecule has 1 aromatic carbocycles. The Kier molecular flexibility index (Phi) is 4.73. The third kappa shape index (κ3) is 2.63. The zero-order valence-electron chi connectivity index (χ0n) is 8.32. The molecule has 1 aromatic rings. The van der Waals surface area contributed by atoms with Gasteiger partial charge in [-0.15, -0.1) is 0 Å². The predicted molar refractivity (Wildman–Crippen MR) is 63.0 cm³/mol. The molecule has 0 aromatic heterocycles. The number of rotatable bonds is 4. The van der Waals surface area contributed by atoms with Gasteiger partial charge < -0.3 is 5.73 Å². The molecule has 0 aliphatic heterocycles. The van der Waals surface area contributed by atoms with Crippen molar-refractivity contribution in [2.24, 2.45) is 5.73 Å². The molecule has 2 N–H and O–H groups in total. The van der Waals surface area contributed by atoms with Gasteiger partial charge in [0.1, 0.15) is 0 Å². The van der Waals surface area contributed by atoms with Crippen molar-refractivity contribution in [1.29, 1.82) is 0 Å². The van der Waals surface area contributed by atoms with E-state index in [0.29, 0.717) is 6.54 Å². The summed E-state index contributed by atoms with van der Waals surface area (Å²) in [5, 5.41) is 1.49. The van der Waals surface area contributed by atoms with Gasteiger partial charge in [-0.3, -0.25) is 0 Å². The van der Waals surface area contributed by atoms with E-state index in [-0.39, 0.29) is 0 Å². The fourth-order valence-electron chi connectivity index (χ4n) is 1.39. The van der Waals surface area contributed by atoms with E-state index >= 15 is 0 Å². The van der Waals surface area contributed by atoms with Crippen molar-refractivity contribution in [2.45, 2.75) is 32.7 Å². The van der Waals surface area contributed by atoms with Gasteiger partial charge >= 0.3 is 0 Å². The molecule has 0 aliphatic rings. The average molecular weight is 232 g/mol. The molecule has 0 fully saturated rings. The minimum Gasteiger partial charge on any atom is -0.326 e. The molecule has 1 rings (SSSR count). The Morgan fingerprint density at radius 2 is 2.00 bits per heavy atom. The highest BCUT2D eigenvalue weighted by atomic mass is 35.5. The van der Waals surface area contributed by atoms with Crippen LogP contribution in [0.1, 0.15) is 30.9 Å². The molecule has 0 bridgehead atoms. The van der Waals surface area contributed by atoms with Crippen LogP contribution in [0.2, 0.25) is 10.0 Å². The monoisotopic (exact) mass is 231 g/mol. The van der Waals surface area contributed by atoms with Crippen LogP contribution in [-0.2, 0) is 13.0 Å². The minimum absolute atomic E-state index is 0.467. The molecule has 0 unspecified atom stereocenters. The minimum atomic E-state index is 0.467. The van der Waals surface area contributed by atoms with Crippen molar-refractivity contribution in [3.05, 3.63) is 33.3 Å². The number of nitrogens with two attached hydrogens (primary N) is 1. The molecule has 0 saturated heterocycles. The second-order valence-corrected chi connectivity index (χ2v) is 4.09.